The molecule has 0 radical (unpaired) electrons. The SMILES string of the molecule is C=CCN1CC2(CCC1=O)CCN(C(=O)[C@@H](O)Cc1ccccc1)CC2. The summed E-state index contributed by atoms with van der Waals surface area (Å²) in [5.41, 5.74) is 1.07. The number of benzene rings is 1. The molecule has 1 spiro atoms. The van der Waals surface area contributed by atoms with Gasteiger partial charge in [0.15, 0.2) is 0 Å². The third kappa shape index (κ3) is 4.15. The quantitative estimate of drug-likeness (QED) is 0.821. The van der Waals surface area contributed by atoms with Crippen LogP contribution in [0, 0.1) is 5.41 Å². The van der Waals surface area contributed by atoms with Crippen LogP contribution < -0.4 is 0 Å². The summed E-state index contributed by atoms with van der Waals surface area (Å²) in [5, 5.41) is 10.3. The van der Waals surface area contributed by atoms with E-state index in [2.05, 4.69) is 6.58 Å². The van der Waals surface area contributed by atoms with Gasteiger partial charge in [0.25, 0.3) is 5.91 Å². The van der Waals surface area contributed by atoms with Crippen LogP contribution in [0.3, 0.4) is 0 Å². The molecule has 0 aromatic heterocycles. The van der Waals surface area contributed by atoms with Crippen molar-refractivity contribution in [3.63, 3.8) is 0 Å². The number of amides is 2. The average molecular weight is 356 g/mol. The fourth-order valence-electron chi connectivity index (χ4n) is 4.17. The molecule has 0 saturated carbocycles. The number of hydrogen-bond acceptors (Lipinski definition) is 3. The Labute approximate surface area is 155 Å². The van der Waals surface area contributed by atoms with Crippen LogP contribution in [-0.2, 0) is 16.0 Å². The fourth-order valence-corrected chi connectivity index (χ4v) is 4.17. The molecule has 2 aliphatic heterocycles. The number of nitrogens with zero attached hydrogens (tertiary/aromatic N) is 2. The van der Waals surface area contributed by atoms with Gasteiger partial charge in [-0.15, -0.1) is 6.58 Å². The van der Waals surface area contributed by atoms with E-state index in [-0.39, 0.29) is 17.2 Å². The summed E-state index contributed by atoms with van der Waals surface area (Å²) in [4.78, 5) is 28.3. The summed E-state index contributed by atoms with van der Waals surface area (Å²) in [6, 6.07) is 9.60. The topological polar surface area (TPSA) is 60.9 Å². The molecule has 1 aromatic carbocycles. The predicted octanol–water partition coefficient (Wildman–Crippen LogP) is 2.01. The number of piperidine rings is 2. The van der Waals surface area contributed by atoms with E-state index in [0.29, 0.717) is 32.5 Å². The smallest absolute Gasteiger partial charge is 0.251 e. The third-order valence-electron chi connectivity index (χ3n) is 5.79. The first-order valence-corrected chi connectivity index (χ1v) is 9.42. The van der Waals surface area contributed by atoms with Crippen molar-refractivity contribution in [3.05, 3.63) is 48.6 Å². The van der Waals surface area contributed by atoms with Gasteiger partial charge in [-0.3, -0.25) is 9.59 Å². The Morgan fingerprint density at radius 2 is 1.92 bits per heavy atom. The first-order valence-electron chi connectivity index (χ1n) is 9.42. The van der Waals surface area contributed by atoms with Gasteiger partial charge in [0, 0.05) is 39.0 Å². The van der Waals surface area contributed by atoms with Crippen molar-refractivity contribution in [2.75, 3.05) is 26.2 Å². The summed E-state index contributed by atoms with van der Waals surface area (Å²) in [6.07, 6.45) is 4.39. The minimum atomic E-state index is -0.989. The Hall–Kier alpha value is -2.14. The van der Waals surface area contributed by atoms with E-state index in [0.717, 1.165) is 31.4 Å². The zero-order chi connectivity index (χ0) is 18.6. The van der Waals surface area contributed by atoms with Crippen LogP contribution in [0.1, 0.15) is 31.2 Å². The number of likely N-dealkylation sites (tertiary alicyclic amines) is 2. The van der Waals surface area contributed by atoms with Crippen molar-refractivity contribution >= 4 is 11.8 Å². The molecule has 140 valence electrons. The number of carbonyl (C=O) groups is 2. The molecule has 0 unspecified atom stereocenters. The molecule has 3 rings (SSSR count). The lowest BCUT2D eigenvalue weighted by Crippen LogP contribution is -2.53. The van der Waals surface area contributed by atoms with Gasteiger partial charge in [-0.1, -0.05) is 36.4 Å². The van der Waals surface area contributed by atoms with Gasteiger partial charge >= 0.3 is 0 Å². The summed E-state index contributed by atoms with van der Waals surface area (Å²) < 4.78 is 0. The minimum absolute atomic E-state index is 0.109. The van der Waals surface area contributed by atoms with E-state index in [1.807, 2.05) is 35.2 Å². The van der Waals surface area contributed by atoms with Gasteiger partial charge in [0.2, 0.25) is 5.91 Å². The van der Waals surface area contributed by atoms with Crippen LogP contribution in [0.2, 0.25) is 0 Å². The minimum Gasteiger partial charge on any atom is -0.383 e. The molecule has 5 nitrogen and oxygen atoms in total. The Balaban J connectivity index is 1.55. The van der Waals surface area contributed by atoms with E-state index in [9.17, 15) is 14.7 Å². The van der Waals surface area contributed by atoms with Gasteiger partial charge in [0.05, 0.1) is 0 Å². The highest BCUT2D eigenvalue weighted by molar-refractivity contribution is 5.81. The third-order valence-corrected chi connectivity index (χ3v) is 5.79. The first-order chi connectivity index (χ1) is 12.5. The second-order valence-electron chi connectivity index (χ2n) is 7.59. The van der Waals surface area contributed by atoms with Gasteiger partial charge in [-0.05, 0) is 30.2 Å². The van der Waals surface area contributed by atoms with E-state index < -0.39 is 6.10 Å². The van der Waals surface area contributed by atoms with Gasteiger partial charge in [0.1, 0.15) is 6.10 Å². The van der Waals surface area contributed by atoms with Gasteiger partial charge < -0.3 is 14.9 Å². The summed E-state index contributed by atoms with van der Waals surface area (Å²) in [7, 11) is 0. The predicted molar refractivity (Wildman–Crippen MR) is 100 cm³/mol. The highest BCUT2D eigenvalue weighted by Gasteiger charge is 2.41. The van der Waals surface area contributed by atoms with Crippen molar-refractivity contribution in [3.8, 4) is 0 Å². The number of aliphatic hydroxyl groups is 1. The Bertz CT molecular complexity index is 650. The van der Waals surface area contributed by atoms with E-state index in [4.69, 9.17) is 0 Å². The molecule has 0 bridgehead atoms. The van der Waals surface area contributed by atoms with Gasteiger partial charge in [-0.2, -0.15) is 0 Å². The Kier molecular flexibility index (Phi) is 5.77. The maximum Gasteiger partial charge on any atom is 0.251 e. The molecular formula is C21H28N2O3. The molecule has 5 heteroatoms. The number of aliphatic hydroxyl groups excluding tert-OH is 1. The fraction of sp³-hybridized carbons (Fsp3) is 0.524. The molecule has 0 aliphatic carbocycles. The second kappa shape index (κ2) is 8.04. The summed E-state index contributed by atoms with van der Waals surface area (Å²) in [5.74, 6) is 0.0193. The molecule has 2 fully saturated rings. The molecule has 1 atom stereocenters. The normalized spacial score (nSPS) is 20.9. The van der Waals surface area contributed by atoms with Crippen LogP contribution in [0.5, 0.6) is 0 Å². The average Bonchev–Trinajstić information content (AvgIpc) is 2.66. The maximum atomic E-state index is 12.6. The van der Waals surface area contributed by atoms with Crippen LogP contribution in [-0.4, -0.2) is 59.0 Å². The van der Waals surface area contributed by atoms with Crippen LogP contribution in [0.15, 0.2) is 43.0 Å². The molecule has 2 heterocycles. The highest BCUT2D eigenvalue weighted by atomic mass is 16.3. The van der Waals surface area contributed by atoms with Crippen molar-refractivity contribution in [1.29, 1.82) is 0 Å². The van der Waals surface area contributed by atoms with E-state index in [1.165, 1.54) is 0 Å². The summed E-state index contributed by atoms with van der Waals surface area (Å²) in [6.45, 7) is 6.40. The van der Waals surface area contributed by atoms with Crippen molar-refractivity contribution in [2.24, 2.45) is 5.41 Å². The molecule has 2 aliphatic rings. The zero-order valence-corrected chi connectivity index (χ0v) is 15.3. The standard InChI is InChI=1S/C21H28N2O3/c1-2-12-23-16-21(9-8-19(23)25)10-13-22(14-11-21)20(26)18(24)15-17-6-4-3-5-7-17/h2-7,18,24H,1,8-16H2/t18-/m0/s1. The zero-order valence-electron chi connectivity index (χ0n) is 15.3. The molecule has 1 N–H and O–H groups in total. The van der Waals surface area contributed by atoms with Crippen molar-refractivity contribution < 1.29 is 14.7 Å². The molecule has 26 heavy (non-hydrogen) atoms. The molecular weight excluding hydrogens is 328 g/mol. The first kappa shape index (κ1) is 18.6. The molecule has 2 saturated heterocycles. The molecule has 2 amide bonds. The highest BCUT2D eigenvalue weighted by Crippen LogP contribution is 2.40. The second-order valence-corrected chi connectivity index (χ2v) is 7.59. The van der Waals surface area contributed by atoms with Crippen LogP contribution in [0.4, 0.5) is 0 Å². The van der Waals surface area contributed by atoms with Gasteiger partial charge in [-0.25, -0.2) is 0 Å². The van der Waals surface area contributed by atoms with Crippen LogP contribution >= 0.6 is 0 Å². The molecule has 1 aromatic rings. The largest absolute Gasteiger partial charge is 0.383 e. The monoisotopic (exact) mass is 356 g/mol. The lowest BCUT2D eigenvalue weighted by atomic mass is 9.72. The van der Waals surface area contributed by atoms with Crippen molar-refractivity contribution in [2.45, 2.75) is 38.2 Å². The Morgan fingerprint density at radius 1 is 1.23 bits per heavy atom. The van der Waals surface area contributed by atoms with Crippen molar-refractivity contribution in [1.82, 2.24) is 9.80 Å². The number of hydrogen-bond donors (Lipinski definition) is 1. The van der Waals surface area contributed by atoms with Crippen LogP contribution in [0.25, 0.3) is 0 Å². The van der Waals surface area contributed by atoms with E-state index in [1.54, 1.807) is 11.0 Å². The lowest BCUT2D eigenvalue weighted by Gasteiger charge is -2.47. The summed E-state index contributed by atoms with van der Waals surface area (Å²) >= 11 is 0. The Morgan fingerprint density at radius 3 is 2.58 bits per heavy atom. The maximum absolute atomic E-state index is 12.6. The van der Waals surface area contributed by atoms with E-state index >= 15 is 0 Å². The number of rotatable bonds is 5. The number of carbonyl (C=O) groups excluding carboxylic acids is 2. The lowest BCUT2D eigenvalue weighted by molar-refractivity contribution is -0.146.